The van der Waals surface area contributed by atoms with Crippen LogP contribution in [-0.4, -0.2) is 54.1 Å². The number of benzene rings is 1. The van der Waals surface area contributed by atoms with Crippen LogP contribution in [0.15, 0.2) is 24.3 Å². The van der Waals surface area contributed by atoms with Gasteiger partial charge in [0.1, 0.15) is 0 Å². The average Bonchev–Trinajstić information content (AvgIpc) is 2.86. The number of rotatable bonds is 8. The van der Waals surface area contributed by atoms with Crippen LogP contribution in [-0.2, 0) is 11.3 Å². The molecule has 0 saturated heterocycles. The van der Waals surface area contributed by atoms with Crippen molar-refractivity contribution in [3.05, 3.63) is 34.9 Å². The van der Waals surface area contributed by atoms with Crippen molar-refractivity contribution in [1.29, 1.82) is 0 Å². The second-order valence-corrected chi connectivity index (χ2v) is 6.71. The monoisotopic (exact) mass is 327 g/mol. The van der Waals surface area contributed by atoms with Crippen LogP contribution >= 0.6 is 11.6 Å². The van der Waals surface area contributed by atoms with Crippen molar-refractivity contribution in [1.82, 2.24) is 4.90 Å². The van der Waals surface area contributed by atoms with Crippen LogP contribution in [0.3, 0.4) is 0 Å². The number of aliphatic hydroxyl groups is 2. The average molecular weight is 328 g/mol. The third-order valence-corrected chi connectivity index (χ3v) is 4.43. The molecule has 1 aliphatic rings. The maximum atomic E-state index is 10.0. The molecule has 0 heterocycles. The quantitative estimate of drug-likeness (QED) is 0.769. The van der Waals surface area contributed by atoms with Crippen molar-refractivity contribution >= 4 is 11.6 Å². The highest BCUT2D eigenvalue weighted by Crippen LogP contribution is 2.25. The van der Waals surface area contributed by atoms with Gasteiger partial charge < -0.3 is 19.8 Å². The van der Waals surface area contributed by atoms with Gasteiger partial charge in [-0.15, -0.1) is 0 Å². The first-order valence-corrected chi connectivity index (χ1v) is 8.29. The molecule has 1 aliphatic carbocycles. The second kappa shape index (κ2) is 8.85. The van der Waals surface area contributed by atoms with Crippen molar-refractivity contribution in [2.24, 2.45) is 5.92 Å². The van der Waals surface area contributed by atoms with Crippen LogP contribution in [0.5, 0.6) is 0 Å². The Kier molecular flexibility index (Phi) is 7.12. The summed E-state index contributed by atoms with van der Waals surface area (Å²) in [6.45, 7) is 2.17. The fourth-order valence-corrected chi connectivity index (χ4v) is 3.14. The maximum absolute atomic E-state index is 10.0. The third-order valence-electron chi connectivity index (χ3n) is 4.18. The number of aliphatic hydroxyl groups excluding tert-OH is 2. The van der Waals surface area contributed by atoms with E-state index in [0.29, 0.717) is 30.7 Å². The molecule has 0 radical (unpaired) electrons. The standard InChI is InChI=1S/C17H26ClNO3/c1-19(9-14-3-2-4-17(14)21)10-16(20)12-22-11-13-5-7-15(18)8-6-13/h5-8,14,16-17,20-21H,2-4,9-12H2,1H3. The van der Waals surface area contributed by atoms with Crippen LogP contribution in [0.4, 0.5) is 0 Å². The van der Waals surface area contributed by atoms with Gasteiger partial charge in [-0.1, -0.05) is 30.2 Å². The highest BCUT2D eigenvalue weighted by atomic mass is 35.5. The second-order valence-electron chi connectivity index (χ2n) is 6.27. The molecule has 0 aromatic heterocycles. The highest BCUT2D eigenvalue weighted by molar-refractivity contribution is 6.30. The summed E-state index contributed by atoms with van der Waals surface area (Å²) >= 11 is 5.83. The van der Waals surface area contributed by atoms with Crippen molar-refractivity contribution in [3.63, 3.8) is 0 Å². The summed E-state index contributed by atoms with van der Waals surface area (Å²) in [6.07, 6.45) is 2.39. The van der Waals surface area contributed by atoms with E-state index < -0.39 is 6.10 Å². The summed E-state index contributed by atoms with van der Waals surface area (Å²) in [5.74, 6) is 0.340. The predicted octanol–water partition coefficient (Wildman–Crippen LogP) is 2.31. The minimum Gasteiger partial charge on any atom is -0.393 e. The van der Waals surface area contributed by atoms with Gasteiger partial charge in [0.25, 0.3) is 0 Å². The molecular weight excluding hydrogens is 302 g/mol. The lowest BCUT2D eigenvalue weighted by Gasteiger charge is -2.25. The Hall–Kier alpha value is -0.650. The summed E-state index contributed by atoms with van der Waals surface area (Å²) in [6, 6.07) is 7.50. The molecule has 1 saturated carbocycles. The minimum atomic E-state index is -0.518. The molecule has 0 bridgehead atoms. The zero-order chi connectivity index (χ0) is 15.9. The van der Waals surface area contributed by atoms with E-state index in [0.717, 1.165) is 31.4 Å². The number of ether oxygens (including phenoxy) is 1. The van der Waals surface area contributed by atoms with Gasteiger partial charge in [-0.2, -0.15) is 0 Å². The largest absolute Gasteiger partial charge is 0.393 e. The van der Waals surface area contributed by atoms with Gasteiger partial charge in [0.05, 0.1) is 25.4 Å². The number of halogens is 1. The van der Waals surface area contributed by atoms with Gasteiger partial charge in [-0.05, 0) is 43.5 Å². The lowest BCUT2D eigenvalue weighted by molar-refractivity contribution is 0.00848. The molecule has 0 amide bonds. The van der Waals surface area contributed by atoms with Gasteiger partial charge in [-0.3, -0.25) is 0 Å². The van der Waals surface area contributed by atoms with E-state index in [1.54, 1.807) is 0 Å². The molecule has 0 spiro atoms. The normalized spacial score (nSPS) is 23.1. The summed E-state index contributed by atoms with van der Waals surface area (Å²) in [5, 5.41) is 20.6. The summed E-state index contributed by atoms with van der Waals surface area (Å²) in [7, 11) is 1.98. The number of likely N-dealkylation sites (N-methyl/N-ethyl adjacent to an activating group) is 1. The van der Waals surface area contributed by atoms with Gasteiger partial charge >= 0.3 is 0 Å². The summed E-state index contributed by atoms with van der Waals surface area (Å²) in [5.41, 5.74) is 1.04. The molecule has 124 valence electrons. The molecule has 4 nitrogen and oxygen atoms in total. The zero-order valence-electron chi connectivity index (χ0n) is 13.1. The Morgan fingerprint density at radius 3 is 2.68 bits per heavy atom. The van der Waals surface area contributed by atoms with Gasteiger partial charge in [0.15, 0.2) is 0 Å². The Labute approximate surface area is 137 Å². The SMILES string of the molecule is CN(CC(O)COCc1ccc(Cl)cc1)CC1CCCC1O. The molecule has 2 N–H and O–H groups in total. The molecule has 1 aromatic rings. The van der Waals surface area contributed by atoms with E-state index in [-0.39, 0.29) is 6.10 Å². The molecule has 22 heavy (non-hydrogen) atoms. The van der Waals surface area contributed by atoms with Crippen LogP contribution in [0.1, 0.15) is 24.8 Å². The van der Waals surface area contributed by atoms with E-state index in [1.807, 2.05) is 31.3 Å². The molecule has 5 heteroatoms. The number of nitrogens with zero attached hydrogens (tertiary/aromatic N) is 1. The molecule has 0 aliphatic heterocycles. The fraction of sp³-hybridized carbons (Fsp3) is 0.647. The zero-order valence-corrected chi connectivity index (χ0v) is 13.9. The van der Waals surface area contributed by atoms with Crippen LogP contribution < -0.4 is 0 Å². The first-order valence-electron chi connectivity index (χ1n) is 7.91. The minimum absolute atomic E-state index is 0.180. The van der Waals surface area contributed by atoms with Crippen LogP contribution in [0.2, 0.25) is 5.02 Å². The lowest BCUT2D eigenvalue weighted by atomic mass is 10.1. The van der Waals surface area contributed by atoms with Gasteiger partial charge in [0.2, 0.25) is 0 Å². The van der Waals surface area contributed by atoms with E-state index in [4.69, 9.17) is 16.3 Å². The molecule has 1 aromatic carbocycles. The van der Waals surface area contributed by atoms with Crippen molar-refractivity contribution in [3.8, 4) is 0 Å². The van der Waals surface area contributed by atoms with Crippen molar-refractivity contribution < 1.29 is 14.9 Å². The van der Waals surface area contributed by atoms with Gasteiger partial charge in [-0.25, -0.2) is 0 Å². The van der Waals surface area contributed by atoms with E-state index in [1.165, 1.54) is 0 Å². The smallest absolute Gasteiger partial charge is 0.0900 e. The van der Waals surface area contributed by atoms with E-state index in [9.17, 15) is 10.2 Å². The number of hydrogen-bond donors (Lipinski definition) is 2. The van der Waals surface area contributed by atoms with Crippen molar-refractivity contribution in [2.45, 2.75) is 38.1 Å². The Morgan fingerprint density at radius 1 is 1.32 bits per heavy atom. The van der Waals surface area contributed by atoms with Gasteiger partial charge in [0, 0.05) is 18.1 Å². The fourth-order valence-electron chi connectivity index (χ4n) is 3.01. The van der Waals surface area contributed by atoms with Crippen LogP contribution in [0.25, 0.3) is 0 Å². The Balaban J connectivity index is 1.62. The van der Waals surface area contributed by atoms with E-state index >= 15 is 0 Å². The van der Waals surface area contributed by atoms with Crippen LogP contribution in [0, 0.1) is 5.92 Å². The molecular formula is C17H26ClNO3. The first-order chi connectivity index (χ1) is 10.5. The topological polar surface area (TPSA) is 52.9 Å². The van der Waals surface area contributed by atoms with Crippen molar-refractivity contribution in [2.75, 3.05) is 26.7 Å². The summed E-state index contributed by atoms with van der Waals surface area (Å²) in [4.78, 5) is 2.08. The number of hydrogen-bond acceptors (Lipinski definition) is 4. The third kappa shape index (κ3) is 5.86. The predicted molar refractivity (Wildman–Crippen MR) is 88.0 cm³/mol. The first kappa shape index (κ1) is 17.7. The van der Waals surface area contributed by atoms with E-state index in [2.05, 4.69) is 4.90 Å². The maximum Gasteiger partial charge on any atom is 0.0900 e. The molecule has 1 fully saturated rings. The molecule has 3 unspecified atom stereocenters. The summed E-state index contributed by atoms with van der Waals surface area (Å²) < 4.78 is 5.54. The molecule has 2 rings (SSSR count). The highest BCUT2D eigenvalue weighted by Gasteiger charge is 2.26. The molecule has 3 atom stereocenters. The lowest BCUT2D eigenvalue weighted by Crippen LogP contribution is -2.37. The Morgan fingerprint density at radius 2 is 2.05 bits per heavy atom. The Bertz CT molecular complexity index is 440.